The summed E-state index contributed by atoms with van der Waals surface area (Å²) >= 11 is 0. The zero-order valence-electron chi connectivity index (χ0n) is 17.0. The molecule has 0 bridgehead atoms. The Labute approximate surface area is 182 Å². The molecule has 1 heterocycles. The number of nitrogens with zero attached hydrogens (tertiary/aromatic N) is 2. The molecule has 0 fully saturated rings. The molecule has 0 saturated carbocycles. The Hall–Kier alpha value is -4.20. The van der Waals surface area contributed by atoms with Gasteiger partial charge in [-0.15, -0.1) is 0 Å². The van der Waals surface area contributed by atoms with E-state index in [1.165, 1.54) is 45.0 Å². The number of fused-ring (bicyclic) bond motifs is 4. The van der Waals surface area contributed by atoms with Crippen LogP contribution in [-0.2, 0) is 17.8 Å². The normalized spacial score (nSPS) is 11.9. The van der Waals surface area contributed by atoms with Crippen LogP contribution in [0, 0.1) is 10.1 Å². The number of hydrogen-bond donors (Lipinski definition) is 1. The lowest BCUT2D eigenvalue weighted by atomic mass is 10.1. The predicted octanol–water partition coefficient (Wildman–Crippen LogP) is 4.49. The van der Waals surface area contributed by atoms with E-state index in [9.17, 15) is 19.7 Å². The summed E-state index contributed by atoms with van der Waals surface area (Å²) in [5, 5.41) is 13.8. The summed E-state index contributed by atoms with van der Waals surface area (Å²) in [6.07, 6.45) is 1.50. The van der Waals surface area contributed by atoms with E-state index in [0.29, 0.717) is 11.9 Å². The van der Waals surface area contributed by atoms with Crippen molar-refractivity contribution in [2.24, 2.45) is 0 Å². The third-order valence-electron chi connectivity index (χ3n) is 5.73. The fourth-order valence-electron chi connectivity index (χ4n) is 4.22. The average Bonchev–Trinajstić information content (AvgIpc) is 3.29. The third-order valence-corrected chi connectivity index (χ3v) is 5.73. The second-order valence-corrected chi connectivity index (χ2v) is 7.79. The molecule has 0 spiro atoms. The maximum absolute atomic E-state index is 12.4. The number of aromatic nitrogens is 1. The van der Waals surface area contributed by atoms with Crippen molar-refractivity contribution in [3.05, 3.63) is 92.5 Å². The molecule has 1 aliphatic carbocycles. The predicted molar refractivity (Wildman–Crippen MR) is 120 cm³/mol. The molecule has 8 heteroatoms. The van der Waals surface area contributed by atoms with Gasteiger partial charge < -0.3 is 9.73 Å². The zero-order valence-corrected chi connectivity index (χ0v) is 17.0. The Morgan fingerprint density at radius 3 is 2.72 bits per heavy atom. The van der Waals surface area contributed by atoms with Gasteiger partial charge in [0.2, 0.25) is 5.91 Å². The van der Waals surface area contributed by atoms with Crippen LogP contribution in [0.4, 0.5) is 11.4 Å². The lowest BCUT2D eigenvalue weighted by molar-refractivity contribution is -0.384. The van der Waals surface area contributed by atoms with E-state index in [2.05, 4.69) is 17.4 Å². The van der Waals surface area contributed by atoms with Crippen molar-refractivity contribution in [3.8, 4) is 11.1 Å². The highest BCUT2D eigenvalue weighted by Gasteiger charge is 2.18. The molecular weight excluding hydrogens is 410 g/mol. The Morgan fingerprint density at radius 1 is 1.06 bits per heavy atom. The van der Waals surface area contributed by atoms with Gasteiger partial charge in [-0.1, -0.05) is 30.3 Å². The summed E-state index contributed by atoms with van der Waals surface area (Å²) in [5.41, 5.74) is 6.15. The number of benzene rings is 3. The number of rotatable bonds is 6. The minimum absolute atomic E-state index is 0.142. The van der Waals surface area contributed by atoms with E-state index in [0.717, 1.165) is 12.1 Å². The summed E-state index contributed by atoms with van der Waals surface area (Å²) in [5.74, 6) is -0.740. The highest BCUT2D eigenvalue weighted by atomic mass is 16.6. The number of nitro groups is 1. The van der Waals surface area contributed by atoms with Crippen molar-refractivity contribution in [2.75, 3.05) is 5.32 Å². The second kappa shape index (κ2) is 7.81. The summed E-state index contributed by atoms with van der Waals surface area (Å²) in [4.78, 5) is 34.9. The number of carbonyl (C=O) groups is 1. The topological polar surface area (TPSA) is 107 Å². The van der Waals surface area contributed by atoms with Gasteiger partial charge in [0.05, 0.1) is 16.5 Å². The lowest BCUT2D eigenvalue weighted by Gasteiger charge is -2.08. The standard InChI is InChI=1S/C24H19N3O5/c28-23(25-17-7-9-20-16(13-17)12-15-4-1-2-5-19(15)20)6-3-11-26-21-10-8-18(27(30)31)14-22(21)32-24(26)29/h1-2,4-5,7-10,13-14H,3,6,11-12H2,(H,25,28). The molecule has 1 N–H and O–H groups in total. The van der Waals surface area contributed by atoms with Gasteiger partial charge >= 0.3 is 5.76 Å². The van der Waals surface area contributed by atoms with Gasteiger partial charge in [0.15, 0.2) is 5.58 Å². The van der Waals surface area contributed by atoms with Crippen molar-refractivity contribution >= 4 is 28.4 Å². The summed E-state index contributed by atoms with van der Waals surface area (Å²) < 4.78 is 6.50. The maximum Gasteiger partial charge on any atom is 0.419 e. The van der Waals surface area contributed by atoms with E-state index in [1.807, 2.05) is 30.3 Å². The molecule has 0 saturated heterocycles. The molecule has 32 heavy (non-hydrogen) atoms. The molecule has 0 radical (unpaired) electrons. The molecule has 5 rings (SSSR count). The Bertz CT molecular complexity index is 1430. The molecule has 0 unspecified atom stereocenters. The summed E-state index contributed by atoms with van der Waals surface area (Å²) in [7, 11) is 0. The Balaban J connectivity index is 1.22. The highest BCUT2D eigenvalue weighted by molar-refractivity contribution is 5.91. The molecular formula is C24H19N3O5. The first-order chi connectivity index (χ1) is 15.5. The second-order valence-electron chi connectivity index (χ2n) is 7.79. The van der Waals surface area contributed by atoms with E-state index in [1.54, 1.807) is 0 Å². The lowest BCUT2D eigenvalue weighted by Crippen LogP contribution is -2.17. The number of amides is 1. The van der Waals surface area contributed by atoms with Crippen LogP contribution in [0.15, 0.2) is 69.9 Å². The molecule has 160 valence electrons. The summed E-state index contributed by atoms with van der Waals surface area (Å²) in [6, 6.07) is 18.3. The molecule has 1 aromatic heterocycles. The molecule has 8 nitrogen and oxygen atoms in total. The number of anilines is 1. The van der Waals surface area contributed by atoms with Crippen molar-refractivity contribution in [2.45, 2.75) is 25.8 Å². The van der Waals surface area contributed by atoms with Crippen molar-refractivity contribution < 1.29 is 14.1 Å². The number of non-ortho nitro benzene ring substituents is 1. The maximum atomic E-state index is 12.4. The third kappa shape index (κ3) is 3.56. The van der Waals surface area contributed by atoms with Gasteiger partial charge in [0, 0.05) is 24.7 Å². The van der Waals surface area contributed by atoms with Crippen molar-refractivity contribution in [1.82, 2.24) is 4.57 Å². The van der Waals surface area contributed by atoms with Crippen LogP contribution in [0.2, 0.25) is 0 Å². The van der Waals surface area contributed by atoms with Gasteiger partial charge in [-0.05, 0) is 53.3 Å². The highest BCUT2D eigenvalue weighted by Crippen LogP contribution is 2.37. The van der Waals surface area contributed by atoms with Crippen molar-refractivity contribution in [1.29, 1.82) is 0 Å². The molecule has 1 amide bonds. The Morgan fingerprint density at radius 2 is 1.88 bits per heavy atom. The van der Waals surface area contributed by atoms with E-state index >= 15 is 0 Å². The summed E-state index contributed by atoms with van der Waals surface area (Å²) in [6.45, 7) is 0.274. The van der Waals surface area contributed by atoms with Crippen LogP contribution in [0.25, 0.3) is 22.2 Å². The number of carbonyl (C=O) groups excluding carboxylic acids is 1. The smallest absolute Gasteiger partial charge is 0.407 e. The average molecular weight is 429 g/mol. The quantitative estimate of drug-likeness (QED) is 0.316. The van der Waals surface area contributed by atoms with Gasteiger partial charge in [0.1, 0.15) is 0 Å². The molecule has 3 aromatic carbocycles. The number of nitro benzene ring substituents is 1. The first-order valence-electron chi connectivity index (χ1n) is 10.3. The number of nitrogens with one attached hydrogen (secondary N) is 1. The van der Waals surface area contributed by atoms with Gasteiger partial charge in [-0.2, -0.15) is 0 Å². The number of aryl methyl sites for hydroxylation is 1. The molecule has 0 atom stereocenters. The first-order valence-corrected chi connectivity index (χ1v) is 10.3. The number of hydrogen-bond acceptors (Lipinski definition) is 5. The van der Waals surface area contributed by atoms with Crippen LogP contribution >= 0.6 is 0 Å². The van der Waals surface area contributed by atoms with Crippen LogP contribution in [0.5, 0.6) is 0 Å². The van der Waals surface area contributed by atoms with Gasteiger partial charge in [-0.25, -0.2) is 4.79 Å². The Kier molecular flexibility index (Phi) is 4.82. The fourth-order valence-corrected chi connectivity index (χ4v) is 4.22. The monoisotopic (exact) mass is 429 g/mol. The van der Waals surface area contributed by atoms with E-state index in [-0.39, 0.29) is 30.1 Å². The van der Waals surface area contributed by atoms with Crippen LogP contribution in [0.3, 0.4) is 0 Å². The number of oxazole rings is 1. The fraction of sp³-hybridized carbons (Fsp3) is 0.167. The molecule has 4 aromatic rings. The van der Waals surface area contributed by atoms with E-state index < -0.39 is 10.7 Å². The van der Waals surface area contributed by atoms with Crippen LogP contribution < -0.4 is 11.1 Å². The van der Waals surface area contributed by atoms with Crippen LogP contribution in [-0.4, -0.2) is 15.4 Å². The minimum Gasteiger partial charge on any atom is -0.407 e. The minimum atomic E-state index is -0.598. The van der Waals surface area contributed by atoms with Gasteiger partial charge in [-0.3, -0.25) is 19.5 Å². The first kappa shape index (κ1) is 19.7. The van der Waals surface area contributed by atoms with Gasteiger partial charge in [0.25, 0.3) is 5.69 Å². The molecule has 1 aliphatic rings. The largest absolute Gasteiger partial charge is 0.419 e. The zero-order chi connectivity index (χ0) is 22.2. The van der Waals surface area contributed by atoms with Crippen LogP contribution in [0.1, 0.15) is 24.0 Å². The van der Waals surface area contributed by atoms with Crippen molar-refractivity contribution in [3.63, 3.8) is 0 Å². The SMILES string of the molecule is O=C(CCCn1c(=O)oc2cc([N+](=O)[O-])ccc21)Nc1ccc2c(c1)Cc1ccccc1-2. The van der Waals surface area contributed by atoms with E-state index in [4.69, 9.17) is 4.42 Å². The molecule has 0 aliphatic heterocycles.